The van der Waals surface area contributed by atoms with Gasteiger partial charge in [0.15, 0.2) is 0 Å². The Bertz CT molecular complexity index is 1170. The lowest BCUT2D eigenvalue weighted by Crippen LogP contribution is -2.35. The maximum atomic E-state index is 13.3. The Kier molecular flexibility index (Phi) is 6.98. The van der Waals surface area contributed by atoms with Crippen LogP contribution in [-0.2, 0) is 21.2 Å². The summed E-state index contributed by atoms with van der Waals surface area (Å²) in [4.78, 5) is 13.1. The third-order valence-corrected chi connectivity index (χ3v) is 6.73. The molecule has 0 atom stereocenters. The van der Waals surface area contributed by atoms with Gasteiger partial charge in [-0.25, -0.2) is 8.42 Å². The molecule has 0 aromatic heterocycles. The molecule has 0 aliphatic carbocycles. The molecule has 0 N–H and O–H groups in total. The molecule has 0 saturated heterocycles. The summed E-state index contributed by atoms with van der Waals surface area (Å²) in [5, 5.41) is 0.823. The van der Waals surface area contributed by atoms with Crippen LogP contribution in [0, 0.1) is 0 Å². The van der Waals surface area contributed by atoms with Gasteiger partial charge >= 0.3 is 0 Å². The van der Waals surface area contributed by atoms with Crippen LogP contribution in [0.2, 0.25) is 10.0 Å². The molecule has 154 valence electrons. The molecule has 0 spiro atoms. The smallest absolute Gasteiger partial charge is 0.268 e. The summed E-state index contributed by atoms with van der Waals surface area (Å²) in [6.45, 7) is 2.00. The molecule has 0 unspecified atom stereocenters. The fraction of sp³-hybridized carbons (Fsp3) is 0.0870. The van der Waals surface area contributed by atoms with Gasteiger partial charge in [0.05, 0.1) is 10.6 Å². The number of benzene rings is 3. The van der Waals surface area contributed by atoms with Crippen molar-refractivity contribution in [3.63, 3.8) is 0 Å². The van der Waals surface area contributed by atoms with Gasteiger partial charge in [-0.3, -0.25) is 4.79 Å². The van der Waals surface area contributed by atoms with Crippen molar-refractivity contribution >= 4 is 50.9 Å². The second-order valence-electron chi connectivity index (χ2n) is 6.44. The predicted octanol–water partition coefficient (Wildman–Crippen LogP) is 5.99. The molecule has 30 heavy (non-hydrogen) atoms. The lowest BCUT2D eigenvalue weighted by Gasteiger charge is -2.21. The van der Waals surface area contributed by atoms with Gasteiger partial charge in [0.2, 0.25) is 0 Å². The molecule has 1 amide bonds. The zero-order valence-electron chi connectivity index (χ0n) is 16.1. The molecule has 0 radical (unpaired) electrons. The summed E-state index contributed by atoms with van der Waals surface area (Å²) >= 11 is 12.0. The number of aryl methyl sites for hydroxylation is 1. The van der Waals surface area contributed by atoms with E-state index in [0.717, 1.165) is 16.3 Å². The van der Waals surface area contributed by atoms with E-state index in [1.807, 2.05) is 6.92 Å². The van der Waals surface area contributed by atoms with Crippen molar-refractivity contribution in [3.05, 3.63) is 100 Å². The van der Waals surface area contributed by atoms with Crippen LogP contribution in [0.3, 0.4) is 0 Å². The number of anilines is 1. The Morgan fingerprint density at radius 1 is 0.967 bits per heavy atom. The van der Waals surface area contributed by atoms with Crippen molar-refractivity contribution in [1.82, 2.24) is 0 Å². The molecule has 0 aliphatic heterocycles. The van der Waals surface area contributed by atoms with Crippen molar-refractivity contribution in [1.29, 1.82) is 0 Å². The lowest BCUT2D eigenvalue weighted by molar-refractivity contribution is -0.113. The minimum absolute atomic E-state index is 0.0239. The summed E-state index contributed by atoms with van der Waals surface area (Å²) in [5.74, 6) is -0.714. The predicted molar refractivity (Wildman–Crippen MR) is 122 cm³/mol. The van der Waals surface area contributed by atoms with Crippen molar-refractivity contribution in [2.24, 2.45) is 0 Å². The van der Waals surface area contributed by atoms with Crippen LogP contribution < -0.4 is 4.31 Å². The average Bonchev–Trinajstić information content (AvgIpc) is 2.74. The molecular weight excluding hydrogens is 441 g/mol. The molecule has 0 fully saturated rings. The number of amides is 1. The number of hydrogen-bond acceptors (Lipinski definition) is 3. The molecule has 0 saturated carbocycles. The molecule has 0 heterocycles. The van der Waals surface area contributed by atoms with Gasteiger partial charge < -0.3 is 0 Å². The Balaban J connectivity index is 2.04. The molecular formula is C23H19Cl2NO3S. The van der Waals surface area contributed by atoms with Crippen LogP contribution in [0.4, 0.5) is 5.69 Å². The summed E-state index contributed by atoms with van der Waals surface area (Å²) in [6, 6.07) is 19.5. The number of carbonyl (C=O) groups excluding carboxylic acids is 1. The molecule has 0 aliphatic rings. The molecule has 0 bridgehead atoms. The molecule has 3 aromatic rings. The Morgan fingerprint density at radius 3 is 2.23 bits per heavy atom. The standard InChI is InChI=1S/C23H19Cl2NO3S/c1-2-17-8-13-20(14-9-17)26(30(28,29)21-6-4-3-5-7-21)23(27)15-11-18-10-12-19(24)16-22(18)25/h3-16H,2H2,1H3/b15-11+. The maximum Gasteiger partial charge on any atom is 0.271 e. The Hall–Kier alpha value is -2.60. The lowest BCUT2D eigenvalue weighted by atomic mass is 10.1. The van der Waals surface area contributed by atoms with Gasteiger partial charge in [0, 0.05) is 16.1 Å². The molecule has 3 rings (SSSR count). The first-order chi connectivity index (χ1) is 14.3. The van der Waals surface area contributed by atoms with E-state index in [9.17, 15) is 13.2 Å². The minimum atomic E-state index is -4.12. The minimum Gasteiger partial charge on any atom is -0.268 e. The highest BCUT2D eigenvalue weighted by atomic mass is 35.5. The van der Waals surface area contributed by atoms with Crippen LogP contribution in [0.25, 0.3) is 6.08 Å². The second-order valence-corrected chi connectivity index (χ2v) is 9.07. The highest BCUT2D eigenvalue weighted by molar-refractivity contribution is 7.93. The van der Waals surface area contributed by atoms with Crippen molar-refractivity contribution in [2.75, 3.05) is 4.31 Å². The van der Waals surface area contributed by atoms with Gasteiger partial charge in [0.1, 0.15) is 0 Å². The number of rotatable bonds is 6. The zero-order valence-corrected chi connectivity index (χ0v) is 18.5. The van der Waals surface area contributed by atoms with Crippen molar-refractivity contribution in [3.8, 4) is 0 Å². The Morgan fingerprint density at radius 2 is 1.63 bits per heavy atom. The van der Waals surface area contributed by atoms with Crippen LogP contribution in [-0.4, -0.2) is 14.3 Å². The fourth-order valence-electron chi connectivity index (χ4n) is 2.81. The molecule has 7 heteroatoms. The van der Waals surface area contributed by atoms with E-state index in [0.29, 0.717) is 15.6 Å². The van der Waals surface area contributed by atoms with E-state index in [-0.39, 0.29) is 10.6 Å². The third-order valence-electron chi connectivity index (χ3n) is 4.43. The normalized spacial score (nSPS) is 11.6. The number of halogens is 2. The number of nitrogens with zero attached hydrogens (tertiary/aromatic N) is 1. The van der Waals surface area contributed by atoms with Crippen LogP contribution in [0.15, 0.2) is 83.8 Å². The zero-order chi connectivity index (χ0) is 21.7. The summed E-state index contributed by atoms with van der Waals surface area (Å²) < 4.78 is 27.4. The Labute approximate surface area is 186 Å². The monoisotopic (exact) mass is 459 g/mol. The second kappa shape index (κ2) is 9.47. The van der Waals surface area contributed by atoms with Crippen molar-refractivity contribution in [2.45, 2.75) is 18.2 Å². The first kappa shape index (κ1) is 22.1. The largest absolute Gasteiger partial charge is 0.271 e. The summed E-state index contributed by atoms with van der Waals surface area (Å²) in [6.07, 6.45) is 3.45. The highest BCUT2D eigenvalue weighted by Gasteiger charge is 2.29. The van der Waals surface area contributed by atoms with E-state index in [1.54, 1.807) is 60.7 Å². The van der Waals surface area contributed by atoms with Gasteiger partial charge in [0.25, 0.3) is 15.9 Å². The summed E-state index contributed by atoms with van der Waals surface area (Å²) in [5.41, 5.74) is 1.84. The van der Waals surface area contributed by atoms with E-state index < -0.39 is 15.9 Å². The third kappa shape index (κ3) is 4.93. The van der Waals surface area contributed by atoms with Crippen LogP contribution >= 0.6 is 23.2 Å². The van der Waals surface area contributed by atoms with Gasteiger partial charge in [-0.2, -0.15) is 4.31 Å². The first-order valence-corrected chi connectivity index (χ1v) is 11.4. The quantitative estimate of drug-likeness (QED) is 0.425. The first-order valence-electron chi connectivity index (χ1n) is 9.19. The van der Waals surface area contributed by atoms with Crippen LogP contribution in [0.1, 0.15) is 18.1 Å². The van der Waals surface area contributed by atoms with E-state index in [1.165, 1.54) is 24.3 Å². The highest BCUT2D eigenvalue weighted by Crippen LogP contribution is 2.26. The van der Waals surface area contributed by atoms with Gasteiger partial charge in [-0.05, 0) is 60.0 Å². The SMILES string of the molecule is CCc1ccc(N(C(=O)/C=C/c2ccc(Cl)cc2Cl)S(=O)(=O)c2ccccc2)cc1. The number of hydrogen-bond donors (Lipinski definition) is 0. The fourth-order valence-corrected chi connectivity index (χ4v) is 4.70. The van der Waals surface area contributed by atoms with Crippen LogP contribution in [0.5, 0.6) is 0 Å². The molecule has 4 nitrogen and oxygen atoms in total. The van der Waals surface area contributed by atoms with E-state index in [2.05, 4.69) is 0 Å². The van der Waals surface area contributed by atoms with Gasteiger partial charge in [-0.1, -0.05) is 66.5 Å². The number of sulfonamides is 1. The van der Waals surface area contributed by atoms with E-state index in [4.69, 9.17) is 23.2 Å². The summed E-state index contributed by atoms with van der Waals surface area (Å²) in [7, 11) is -4.12. The average molecular weight is 460 g/mol. The topological polar surface area (TPSA) is 54.5 Å². The van der Waals surface area contributed by atoms with Gasteiger partial charge in [-0.15, -0.1) is 0 Å². The molecule has 3 aromatic carbocycles. The maximum absolute atomic E-state index is 13.3. The van der Waals surface area contributed by atoms with E-state index >= 15 is 0 Å². The van der Waals surface area contributed by atoms with Crippen molar-refractivity contribution < 1.29 is 13.2 Å². The number of carbonyl (C=O) groups is 1.